The predicted octanol–water partition coefficient (Wildman–Crippen LogP) is 2.79. The van der Waals surface area contributed by atoms with Crippen LogP contribution in [0, 0.1) is 27.7 Å². The van der Waals surface area contributed by atoms with Crippen molar-refractivity contribution in [2.45, 2.75) is 27.7 Å². The summed E-state index contributed by atoms with van der Waals surface area (Å²) in [4.78, 5) is 8.25. The number of nitrogens with two attached hydrogens (primary N) is 1. The Morgan fingerprint density at radius 2 is 1.84 bits per heavy atom. The summed E-state index contributed by atoms with van der Waals surface area (Å²) in [5.41, 5.74) is 6.73. The highest BCUT2D eigenvalue weighted by Gasteiger charge is 2.09. The molecule has 0 aliphatic carbocycles. The van der Waals surface area contributed by atoms with E-state index in [9.17, 15) is 0 Å². The molecule has 0 unspecified atom stereocenters. The lowest BCUT2D eigenvalue weighted by atomic mass is 10.1. The van der Waals surface area contributed by atoms with Crippen molar-refractivity contribution in [3.8, 4) is 11.6 Å². The molecule has 100 valence electrons. The molecule has 0 amide bonds. The molecule has 2 rings (SSSR count). The van der Waals surface area contributed by atoms with Crippen LogP contribution in [0.5, 0.6) is 11.6 Å². The summed E-state index contributed by atoms with van der Waals surface area (Å²) in [5, 5.41) is 0. The Morgan fingerprint density at radius 1 is 1.11 bits per heavy atom. The lowest BCUT2D eigenvalue weighted by molar-refractivity contribution is 0.454. The van der Waals surface area contributed by atoms with Gasteiger partial charge in [-0.1, -0.05) is 6.07 Å². The van der Waals surface area contributed by atoms with Gasteiger partial charge in [-0.05, 0) is 50.5 Å². The van der Waals surface area contributed by atoms with Gasteiger partial charge in [0.1, 0.15) is 5.75 Å². The first-order chi connectivity index (χ1) is 9.01. The van der Waals surface area contributed by atoms with Crippen molar-refractivity contribution in [1.29, 1.82) is 0 Å². The number of anilines is 1. The van der Waals surface area contributed by atoms with Crippen LogP contribution in [-0.4, -0.2) is 9.97 Å². The molecule has 5 heteroatoms. The maximum Gasteiger partial charge on any atom is 0.240 e. The van der Waals surface area contributed by atoms with Crippen LogP contribution < -0.4 is 16.0 Å². The number of nitrogen functional groups attached to an aromatic ring is 1. The first-order valence-electron chi connectivity index (χ1n) is 6.07. The SMILES string of the molecule is Cc1cc(C)c(C)c(Oc2nc(NN)ncc2C)c1. The van der Waals surface area contributed by atoms with Crippen LogP contribution in [0.1, 0.15) is 22.3 Å². The number of rotatable bonds is 3. The number of nitrogens with one attached hydrogen (secondary N) is 1. The number of hydrazine groups is 1. The fraction of sp³-hybridized carbons (Fsp3) is 0.286. The lowest BCUT2D eigenvalue weighted by Crippen LogP contribution is -2.11. The second-order valence-electron chi connectivity index (χ2n) is 4.63. The van der Waals surface area contributed by atoms with Crippen LogP contribution >= 0.6 is 0 Å². The molecule has 0 bridgehead atoms. The van der Waals surface area contributed by atoms with Gasteiger partial charge in [0.15, 0.2) is 0 Å². The Morgan fingerprint density at radius 3 is 2.53 bits per heavy atom. The average molecular weight is 258 g/mol. The third kappa shape index (κ3) is 2.82. The third-order valence-corrected chi connectivity index (χ3v) is 3.03. The second kappa shape index (κ2) is 5.24. The Hall–Kier alpha value is -2.14. The summed E-state index contributed by atoms with van der Waals surface area (Å²) in [6.07, 6.45) is 1.68. The van der Waals surface area contributed by atoms with Crippen molar-refractivity contribution in [3.63, 3.8) is 0 Å². The van der Waals surface area contributed by atoms with Crippen molar-refractivity contribution < 1.29 is 4.74 Å². The molecule has 1 aromatic carbocycles. The summed E-state index contributed by atoms with van der Waals surface area (Å²) in [6.45, 7) is 8.03. The second-order valence-corrected chi connectivity index (χ2v) is 4.63. The van der Waals surface area contributed by atoms with Gasteiger partial charge >= 0.3 is 0 Å². The number of aromatic nitrogens is 2. The zero-order valence-electron chi connectivity index (χ0n) is 11.6. The number of ether oxygens (including phenoxy) is 1. The van der Waals surface area contributed by atoms with Crippen LogP contribution in [0.15, 0.2) is 18.3 Å². The first-order valence-corrected chi connectivity index (χ1v) is 6.07. The van der Waals surface area contributed by atoms with E-state index in [0.717, 1.165) is 22.4 Å². The molecule has 2 aromatic rings. The monoisotopic (exact) mass is 258 g/mol. The minimum absolute atomic E-state index is 0.336. The van der Waals surface area contributed by atoms with Crippen molar-refractivity contribution in [2.24, 2.45) is 5.84 Å². The van der Waals surface area contributed by atoms with Gasteiger partial charge < -0.3 is 4.74 Å². The molecule has 0 aliphatic rings. The highest BCUT2D eigenvalue weighted by molar-refractivity contribution is 5.44. The largest absolute Gasteiger partial charge is 0.438 e. The molecule has 0 saturated heterocycles. The molecule has 1 aromatic heterocycles. The summed E-state index contributed by atoms with van der Waals surface area (Å²) >= 11 is 0. The van der Waals surface area contributed by atoms with E-state index in [4.69, 9.17) is 10.6 Å². The van der Waals surface area contributed by atoms with E-state index in [1.54, 1.807) is 6.20 Å². The summed E-state index contributed by atoms with van der Waals surface area (Å²) in [5.74, 6) is 6.96. The quantitative estimate of drug-likeness (QED) is 0.654. The molecule has 0 aliphatic heterocycles. The Balaban J connectivity index is 2.41. The van der Waals surface area contributed by atoms with E-state index in [1.807, 2.05) is 26.8 Å². The normalized spacial score (nSPS) is 10.4. The maximum absolute atomic E-state index is 5.90. The zero-order chi connectivity index (χ0) is 14.0. The van der Waals surface area contributed by atoms with Gasteiger partial charge in [-0.15, -0.1) is 0 Å². The topological polar surface area (TPSA) is 73.1 Å². The molecule has 0 radical (unpaired) electrons. The van der Waals surface area contributed by atoms with Crippen LogP contribution in [-0.2, 0) is 0 Å². The van der Waals surface area contributed by atoms with Crippen molar-refractivity contribution in [1.82, 2.24) is 9.97 Å². The highest BCUT2D eigenvalue weighted by Crippen LogP contribution is 2.29. The van der Waals surface area contributed by atoms with Gasteiger partial charge in [0.25, 0.3) is 0 Å². The van der Waals surface area contributed by atoms with Gasteiger partial charge in [0, 0.05) is 11.8 Å². The first kappa shape index (κ1) is 13.3. The van der Waals surface area contributed by atoms with E-state index in [1.165, 1.54) is 5.56 Å². The molecule has 1 heterocycles. The maximum atomic E-state index is 5.90. The van der Waals surface area contributed by atoms with Crippen molar-refractivity contribution in [2.75, 3.05) is 5.43 Å². The zero-order valence-corrected chi connectivity index (χ0v) is 11.6. The molecular formula is C14H18N4O. The Labute approximate surface area is 112 Å². The third-order valence-electron chi connectivity index (χ3n) is 3.03. The van der Waals surface area contributed by atoms with E-state index < -0.39 is 0 Å². The average Bonchev–Trinajstić information content (AvgIpc) is 2.38. The molecule has 3 N–H and O–H groups in total. The van der Waals surface area contributed by atoms with E-state index in [0.29, 0.717) is 11.8 Å². The number of aryl methyl sites for hydroxylation is 3. The minimum atomic E-state index is 0.336. The summed E-state index contributed by atoms with van der Waals surface area (Å²) < 4.78 is 5.90. The van der Waals surface area contributed by atoms with Gasteiger partial charge in [0.05, 0.1) is 0 Å². The van der Waals surface area contributed by atoms with Crippen molar-refractivity contribution in [3.05, 3.63) is 40.6 Å². The minimum Gasteiger partial charge on any atom is -0.438 e. The fourth-order valence-electron chi connectivity index (χ4n) is 1.81. The number of hydrogen-bond donors (Lipinski definition) is 2. The van der Waals surface area contributed by atoms with Gasteiger partial charge in [-0.25, -0.2) is 10.8 Å². The summed E-state index contributed by atoms with van der Waals surface area (Å²) in [7, 11) is 0. The smallest absolute Gasteiger partial charge is 0.240 e. The van der Waals surface area contributed by atoms with Crippen LogP contribution in [0.2, 0.25) is 0 Å². The van der Waals surface area contributed by atoms with E-state index in [2.05, 4.69) is 28.4 Å². The highest BCUT2D eigenvalue weighted by atomic mass is 16.5. The Kier molecular flexibility index (Phi) is 3.66. The fourth-order valence-corrected chi connectivity index (χ4v) is 1.81. The number of benzene rings is 1. The number of hydrogen-bond acceptors (Lipinski definition) is 5. The van der Waals surface area contributed by atoms with Crippen molar-refractivity contribution >= 4 is 5.95 Å². The van der Waals surface area contributed by atoms with E-state index >= 15 is 0 Å². The van der Waals surface area contributed by atoms with E-state index in [-0.39, 0.29) is 0 Å². The van der Waals surface area contributed by atoms with Crippen LogP contribution in [0.4, 0.5) is 5.95 Å². The molecule has 0 spiro atoms. The molecule has 0 saturated carbocycles. The predicted molar refractivity (Wildman–Crippen MR) is 75.3 cm³/mol. The van der Waals surface area contributed by atoms with Crippen LogP contribution in [0.3, 0.4) is 0 Å². The molecule has 0 fully saturated rings. The van der Waals surface area contributed by atoms with Crippen LogP contribution in [0.25, 0.3) is 0 Å². The molecular weight excluding hydrogens is 240 g/mol. The van der Waals surface area contributed by atoms with Gasteiger partial charge in [0.2, 0.25) is 11.8 Å². The molecule has 19 heavy (non-hydrogen) atoms. The van der Waals surface area contributed by atoms with Gasteiger partial charge in [-0.2, -0.15) is 4.98 Å². The summed E-state index contributed by atoms with van der Waals surface area (Å²) in [6, 6.07) is 4.13. The number of nitrogens with zero attached hydrogens (tertiary/aromatic N) is 2. The van der Waals surface area contributed by atoms with Gasteiger partial charge in [-0.3, -0.25) is 5.43 Å². The molecule has 5 nitrogen and oxygen atoms in total. The molecule has 0 atom stereocenters. The lowest BCUT2D eigenvalue weighted by Gasteiger charge is -2.13. The standard InChI is InChI=1S/C14H18N4O/c1-8-5-9(2)11(4)12(6-8)19-13-10(3)7-16-14(17-13)18-15/h5-7H,15H2,1-4H3,(H,16,17,18). The Bertz CT molecular complexity index is 611.